The maximum absolute atomic E-state index is 12.7. The van der Waals surface area contributed by atoms with E-state index in [4.69, 9.17) is 53.3 Å². The summed E-state index contributed by atoms with van der Waals surface area (Å²) in [4.78, 5) is 72.1. The first-order chi connectivity index (χ1) is 49.2. The highest BCUT2D eigenvalue weighted by molar-refractivity contribution is 9.09. The van der Waals surface area contributed by atoms with Crippen LogP contribution in [0, 0.1) is 45.8 Å². The van der Waals surface area contributed by atoms with Crippen LogP contribution < -0.4 is 22.3 Å². The molecule has 103 heavy (non-hydrogen) atoms. The molecule has 6 fully saturated rings. The third-order valence-electron chi connectivity index (χ3n) is 17.9. The number of fused-ring (bicyclic) bond motifs is 1. The number of hydrogen-bond donors (Lipinski definition) is 3. The van der Waals surface area contributed by atoms with E-state index in [1.54, 1.807) is 54.1 Å². The van der Waals surface area contributed by atoms with Crippen LogP contribution in [-0.4, -0.2) is 113 Å². The van der Waals surface area contributed by atoms with Crippen LogP contribution in [0.25, 0.3) is 22.4 Å². The Morgan fingerprint density at radius 3 is 1.62 bits per heavy atom. The van der Waals surface area contributed by atoms with Gasteiger partial charge in [-0.25, -0.2) is 4.98 Å². The zero-order chi connectivity index (χ0) is 75.1. The van der Waals surface area contributed by atoms with Gasteiger partial charge in [0, 0.05) is 128 Å². The number of allylic oxidation sites excluding steroid dienone is 1. The van der Waals surface area contributed by atoms with Gasteiger partial charge in [0.25, 0.3) is 11.5 Å². The minimum Gasteiger partial charge on any atom is -0.465 e. The lowest BCUT2D eigenvalue weighted by Gasteiger charge is -2.22. The van der Waals surface area contributed by atoms with Crippen molar-refractivity contribution in [2.24, 2.45) is 23.3 Å². The van der Waals surface area contributed by atoms with E-state index in [-0.39, 0.29) is 51.6 Å². The molecule has 5 N–H and O–H groups in total. The average Bonchev–Trinajstić information content (AvgIpc) is 1.71. The Labute approximate surface area is 631 Å². The van der Waals surface area contributed by atoms with E-state index in [1.165, 1.54) is 31.4 Å². The molecule has 6 aromatic heterocycles. The second-order valence-electron chi connectivity index (χ2n) is 27.1. The summed E-state index contributed by atoms with van der Waals surface area (Å²) in [6.07, 6.45) is 19.1. The minimum absolute atomic E-state index is 0.000000000000000222. The molecule has 4 aliphatic heterocycles. The molecule has 8 aliphatic rings. The van der Waals surface area contributed by atoms with Crippen LogP contribution in [0.15, 0.2) is 114 Å². The Kier molecular flexibility index (Phi) is 30.8. The van der Waals surface area contributed by atoms with E-state index in [2.05, 4.69) is 146 Å². The smallest absolute Gasteiger partial charge is 0.320 e. The number of carbonyl (C=O) groups excluding carboxylic acids is 3. The molecule has 4 aliphatic carbocycles. The number of aldehydes is 1. The quantitative estimate of drug-likeness (QED) is 0.0300. The van der Waals surface area contributed by atoms with Crippen molar-refractivity contribution in [1.29, 1.82) is 15.8 Å². The fourth-order valence-corrected chi connectivity index (χ4v) is 12.1. The number of nitrogens with one attached hydrogen (secondary N) is 1. The molecule has 27 heteroatoms. The fraction of sp³-hybridized carbons (Fsp3) is 0.461. The van der Waals surface area contributed by atoms with E-state index in [9.17, 15) is 24.4 Å². The summed E-state index contributed by atoms with van der Waals surface area (Å²) >= 11 is 19.4. The number of aromatic nitrogens is 7. The maximum atomic E-state index is 12.7. The highest BCUT2D eigenvalue weighted by atomic mass is 79.9. The van der Waals surface area contributed by atoms with Crippen LogP contribution in [-0.2, 0) is 61.5 Å². The number of ether oxygens (including phenoxy) is 5. The number of nitrogens with two attached hydrogens (primary N) is 2. The molecule has 10 heterocycles. The Morgan fingerprint density at radius 2 is 1.25 bits per heavy atom. The van der Waals surface area contributed by atoms with Crippen molar-refractivity contribution in [3.05, 3.63) is 170 Å². The largest absolute Gasteiger partial charge is 0.465 e. The van der Waals surface area contributed by atoms with Crippen molar-refractivity contribution < 1.29 is 38.1 Å². The zero-order valence-electron chi connectivity index (χ0n) is 59.5. The molecule has 6 aromatic rings. The number of alkyl halides is 2. The van der Waals surface area contributed by atoms with Gasteiger partial charge < -0.3 is 40.5 Å². The lowest BCUT2D eigenvalue weighted by molar-refractivity contribution is -0.141. The Morgan fingerprint density at radius 1 is 0.777 bits per heavy atom. The van der Waals surface area contributed by atoms with Crippen molar-refractivity contribution >= 4 is 103 Å². The molecule has 0 spiro atoms. The standard InChI is InChI=1S/C18H18N4OS.C15H13N3OS.C12H15NO2.C11H13NO2.C10H11NO.C5H7NO2.C4H8BrCl.CH4N2S/c1-11-9-22-16(23)13(7-19)15(21-17(22)24-10-11)12-3-4-14(20-8-12)18(2)5-6-18;1-15(4-5-15)12-3-2-9(8-17-12)10-6-13(20)18-14(19)11(10)7-16;1-12(4-5-12)10-3-2-9(8-13-10)11-14-6-7-15-11;1-8(2)10-4-3-9(7-12-10)11-13-5-6-14-11;1-10(4-5-10)9-3-2-8(7-12)6-11-9;1-2-8-5(7)3-4-6;1-4(2-5)3-6;2-1(3)4/h3-4,8,11H,5-6,9-10H2,1-2H3;2-3,8H,4-6H2,1H3,(H,18,19,20);2-3,8,11H,4-7H2,1H3;3-4,7,11H,1,5-6H2,2H3;2-3,6-7H,4-5H2,1H3;2-3H2,1H3;4H,2-3H2,1H3;(H4,2,3,4). The topological polar surface area (TPSA) is 332 Å². The highest BCUT2D eigenvalue weighted by Gasteiger charge is 2.43. The molecule has 22 nitrogen and oxygen atoms in total. The average molecular weight is 1540 g/mol. The summed E-state index contributed by atoms with van der Waals surface area (Å²) in [6, 6.07) is 25.4. The Hall–Kier alpha value is -8.07. The van der Waals surface area contributed by atoms with E-state index < -0.39 is 11.9 Å². The minimum atomic E-state index is -0.449. The van der Waals surface area contributed by atoms with Crippen LogP contribution in [0.1, 0.15) is 193 Å². The summed E-state index contributed by atoms with van der Waals surface area (Å²) in [5.41, 5.74) is 21.9. The number of thioether (sulfide) groups is 1. The molecule has 0 bridgehead atoms. The van der Waals surface area contributed by atoms with Crippen molar-refractivity contribution in [1.82, 2.24) is 39.8 Å². The number of amides is 1. The maximum Gasteiger partial charge on any atom is 0.320 e. The normalized spacial score (nSPS) is 18.6. The van der Waals surface area contributed by atoms with Crippen molar-refractivity contribution in [3.8, 4) is 29.5 Å². The van der Waals surface area contributed by atoms with E-state index in [1.807, 2.05) is 67.7 Å². The first-order valence-electron chi connectivity index (χ1n) is 33.9. The number of thiocarbonyl (C=S) groups is 2. The van der Waals surface area contributed by atoms with Crippen molar-refractivity contribution in [2.45, 2.75) is 166 Å². The van der Waals surface area contributed by atoms with Gasteiger partial charge in [-0.15, -0.1) is 11.6 Å². The number of esters is 1. The zero-order valence-corrected chi connectivity index (χ0v) is 64.3. The van der Waals surface area contributed by atoms with E-state index >= 15 is 0 Å². The Bertz CT molecular complexity index is 4150. The van der Waals surface area contributed by atoms with Crippen LogP contribution in [0.3, 0.4) is 0 Å². The molecule has 544 valence electrons. The first kappa shape index (κ1) is 82.2. The lowest BCUT2D eigenvalue weighted by atomic mass is 9.94. The summed E-state index contributed by atoms with van der Waals surface area (Å²) in [5.74, 6) is 1.84. The van der Waals surface area contributed by atoms with Gasteiger partial charge in [-0.05, 0) is 148 Å². The number of halogens is 2. The summed E-state index contributed by atoms with van der Waals surface area (Å²) in [7, 11) is 0. The summed E-state index contributed by atoms with van der Waals surface area (Å²) in [5, 5.41) is 30.8. The predicted molar refractivity (Wildman–Crippen MR) is 408 cm³/mol. The number of nitriles is 3. The van der Waals surface area contributed by atoms with Gasteiger partial charge in [-0.2, -0.15) is 15.8 Å². The van der Waals surface area contributed by atoms with Crippen LogP contribution in [0.4, 0.5) is 0 Å². The van der Waals surface area contributed by atoms with E-state index in [0.29, 0.717) is 95.6 Å². The number of pyridine rings is 5. The van der Waals surface area contributed by atoms with Crippen LogP contribution >= 0.6 is 63.7 Å². The third kappa shape index (κ3) is 24.2. The predicted octanol–water partition coefficient (Wildman–Crippen LogP) is 13.4. The molecule has 2 atom stereocenters. The monoisotopic (exact) mass is 1540 g/mol. The molecule has 2 unspecified atom stereocenters. The molecular weight excluding hydrogens is 1450 g/mol. The molecule has 14 rings (SSSR count). The number of carbonyl (C=O) groups is 3. The molecule has 0 radical (unpaired) electrons. The molecule has 4 saturated carbocycles. The molecule has 1 amide bonds. The van der Waals surface area contributed by atoms with Crippen molar-refractivity contribution in [2.75, 3.05) is 50.0 Å². The van der Waals surface area contributed by atoms with Crippen LogP contribution in [0.5, 0.6) is 0 Å². The van der Waals surface area contributed by atoms with Gasteiger partial charge in [0.2, 0.25) is 0 Å². The second-order valence-corrected chi connectivity index (χ2v) is 30.0. The molecule has 0 aromatic carbocycles. The van der Waals surface area contributed by atoms with Gasteiger partial charge in [0.15, 0.2) is 29.1 Å². The van der Waals surface area contributed by atoms with Gasteiger partial charge in [0.1, 0.15) is 29.7 Å². The molecular formula is C76H89BrClN13O9S3. The van der Waals surface area contributed by atoms with Gasteiger partial charge >= 0.3 is 5.97 Å². The molecule has 2 saturated heterocycles. The highest BCUT2D eigenvalue weighted by Crippen LogP contribution is 2.49. The lowest BCUT2D eigenvalue weighted by Crippen LogP contribution is -2.34. The number of hydrogen-bond acceptors (Lipinski definition) is 21. The van der Waals surface area contributed by atoms with Gasteiger partial charge in [0.05, 0.1) is 55.5 Å². The van der Waals surface area contributed by atoms with Gasteiger partial charge in [-0.3, -0.25) is 48.7 Å². The Balaban J connectivity index is 0.000000173. The van der Waals surface area contributed by atoms with E-state index in [0.717, 1.165) is 99.5 Å². The first-order valence-corrected chi connectivity index (χ1v) is 37.4. The number of rotatable bonds is 14. The third-order valence-corrected chi connectivity index (χ3v) is 21.1. The van der Waals surface area contributed by atoms with Crippen LogP contribution in [0.2, 0.25) is 0 Å². The number of nitrogens with zero attached hydrogens (tertiary/aromatic N) is 10. The van der Waals surface area contributed by atoms with Crippen molar-refractivity contribution in [3.63, 3.8) is 0 Å². The van der Waals surface area contributed by atoms with Gasteiger partial charge in [-0.1, -0.05) is 106 Å². The SMILES string of the molecule is C=C(C)c1ccc(C2OCCO2)cn1.CC(CCl)CBr.CC1(c2ccc(C3=C(C#N)C(=O)NC(=S)C3)cn2)CC1.CC1(c2ccc(C3OCCO3)cn2)CC1.CC1(c2ccc(C=O)cn2)CC1.CC1CSc2nc(-c3ccc(C4(C)CC4)nc3)c(C#N)c(=O)n2C1.CCOC(=O)CC#N.NC(N)=S. The fourth-order valence-electron chi connectivity index (χ4n) is 10.2. The second kappa shape index (κ2) is 38.6. The summed E-state index contributed by atoms with van der Waals surface area (Å²) < 4.78 is 27.6. The summed E-state index contributed by atoms with van der Waals surface area (Å²) in [6.45, 7) is 24.2.